The molecule has 1 atom stereocenters. The molecule has 0 spiro atoms. The maximum absolute atomic E-state index is 11.4. The van der Waals surface area contributed by atoms with E-state index in [0.29, 0.717) is 5.56 Å². The Bertz CT molecular complexity index is 461. The number of hydrogen-bond acceptors (Lipinski definition) is 5. The van der Waals surface area contributed by atoms with Gasteiger partial charge in [-0.05, 0) is 12.5 Å². The zero-order valence-corrected chi connectivity index (χ0v) is 9.12. The molecule has 0 amide bonds. The van der Waals surface area contributed by atoms with E-state index < -0.39 is 16.8 Å². The van der Waals surface area contributed by atoms with Crippen molar-refractivity contribution in [2.24, 2.45) is 0 Å². The molecule has 0 saturated heterocycles. The van der Waals surface area contributed by atoms with Gasteiger partial charge in [-0.15, -0.1) is 0 Å². The molecule has 0 saturated carbocycles. The van der Waals surface area contributed by atoms with Gasteiger partial charge in [0, 0.05) is 12.1 Å². The standard InChI is InChI=1S/C11H10N2O4/c1-2-17-11(14)10(7-12)8-3-5-9(6-4-8)13(15)16/h3-6,10H,2H2,1H3. The van der Waals surface area contributed by atoms with Gasteiger partial charge in [0.1, 0.15) is 0 Å². The van der Waals surface area contributed by atoms with Crippen LogP contribution in [0, 0.1) is 21.4 Å². The average molecular weight is 234 g/mol. The summed E-state index contributed by atoms with van der Waals surface area (Å²) >= 11 is 0. The van der Waals surface area contributed by atoms with Crippen LogP contribution in [-0.2, 0) is 9.53 Å². The molecule has 1 aromatic carbocycles. The lowest BCUT2D eigenvalue weighted by atomic mass is 10.0. The van der Waals surface area contributed by atoms with E-state index in [0.717, 1.165) is 0 Å². The number of nitro groups is 1. The Labute approximate surface area is 97.6 Å². The van der Waals surface area contributed by atoms with Crippen LogP contribution in [0.4, 0.5) is 5.69 Å². The second kappa shape index (κ2) is 5.61. The highest BCUT2D eigenvalue weighted by Crippen LogP contribution is 2.20. The van der Waals surface area contributed by atoms with Gasteiger partial charge >= 0.3 is 5.97 Å². The first kappa shape index (κ1) is 12.6. The van der Waals surface area contributed by atoms with Gasteiger partial charge in [-0.1, -0.05) is 12.1 Å². The molecule has 0 heterocycles. The summed E-state index contributed by atoms with van der Waals surface area (Å²) < 4.78 is 4.73. The second-order valence-corrected chi connectivity index (χ2v) is 3.16. The molecule has 0 bridgehead atoms. The third-order valence-electron chi connectivity index (χ3n) is 2.09. The summed E-state index contributed by atoms with van der Waals surface area (Å²) in [7, 11) is 0. The number of esters is 1. The molecule has 0 aliphatic carbocycles. The Hall–Kier alpha value is -2.42. The molecule has 0 N–H and O–H groups in total. The average Bonchev–Trinajstić information content (AvgIpc) is 2.31. The normalized spacial score (nSPS) is 11.3. The van der Waals surface area contributed by atoms with E-state index in [-0.39, 0.29) is 12.3 Å². The first-order valence-corrected chi connectivity index (χ1v) is 4.90. The van der Waals surface area contributed by atoms with Crippen molar-refractivity contribution >= 4 is 11.7 Å². The number of benzene rings is 1. The van der Waals surface area contributed by atoms with Gasteiger partial charge in [-0.3, -0.25) is 14.9 Å². The number of nitro benzene ring substituents is 1. The molecule has 17 heavy (non-hydrogen) atoms. The number of carbonyl (C=O) groups is 1. The van der Waals surface area contributed by atoms with Gasteiger partial charge in [-0.2, -0.15) is 5.26 Å². The maximum atomic E-state index is 11.4. The van der Waals surface area contributed by atoms with Crippen molar-refractivity contribution in [3.63, 3.8) is 0 Å². The Morgan fingerprint density at radius 2 is 2.12 bits per heavy atom. The quantitative estimate of drug-likeness (QED) is 0.449. The van der Waals surface area contributed by atoms with Crippen LogP contribution >= 0.6 is 0 Å². The van der Waals surface area contributed by atoms with Crippen LogP contribution in [0.3, 0.4) is 0 Å². The maximum Gasteiger partial charge on any atom is 0.327 e. The monoisotopic (exact) mass is 234 g/mol. The Morgan fingerprint density at radius 3 is 2.53 bits per heavy atom. The summed E-state index contributed by atoms with van der Waals surface area (Å²) in [4.78, 5) is 21.3. The minimum absolute atomic E-state index is 0.0886. The van der Waals surface area contributed by atoms with Crippen LogP contribution < -0.4 is 0 Å². The fraction of sp³-hybridized carbons (Fsp3) is 0.273. The van der Waals surface area contributed by atoms with E-state index in [1.165, 1.54) is 24.3 Å². The van der Waals surface area contributed by atoms with Crippen LogP contribution in [0.15, 0.2) is 24.3 Å². The molecule has 0 aromatic heterocycles. The van der Waals surface area contributed by atoms with E-state index in [1.807, 2.05) is 6.07 Å². The zero-order valence-electron chi connectivity index (χ0n) is 9.12. The lowest BCUT2D eigenvalue weighted by Gasteiger charge is -2.07. The van der Waals surface area contributed by atoms with Gasteiger partial charge in [0.05, 0.1) is 17.6 Å². The largest absolute Gasteiger partial charge is 0.465 e. The molecule has 0 radical (unpaired) electrons. The molecule has 1 rings (SSSR count). The summed E-state index contributed by atoms with van der Waals surface area (Å²) in [5.74, 6) is -1.69. The van der Waals surface area contributed by atoms with Crippen LogP contribution in [0.5, 0.6) is 0 Å². The number of rotatable bonds is 4. The molecular weight excluding hydrogens is 224 g/mol. The summed E-state index contributed by atoms with van der Waals surface area (Å²) in [6, 6.07) is 7.06. The third-order valence-corrected chi connectivity index (χ3v) is 2.09. The summed E-state index contributed by atoms with van der Waals surface area (Å²) in [6.07, 6.45) is 0. The highest BCUT2D eigenvalue weighted by molar-refractivity contribution is 5.81. The number of nitrogens with zero attached hydrogens (tertiary/aromatic N) is 2. The molecule has 0 aliphatic heterocycles. The topological polar surface area (TPSA) is 93.2 Å². The van der Waals surface area contributed by atoms with Crippen molar-refractivity contribution in [2.75, 3.05) is 6.61 Å². The summed E-state index contributed by atoms with van der Waals surface area (Å²) in [5.41, 5.74) is 0.297. The molecular formula is C11H10N2O4. The number of nitriles is 1. The molecule has 6 heteroatoms. The lowest BCUT2D eigenvalue weighted by Crippen LogP contribution is -2.14. The first-order valence-electron chi connectivity index (χ1n) is 4.90. The van der Waals surface area contributed by atoms with E-state index >= 15 is 0 Å². The molecule has 0 fully saturated rings. The number of hydrogen-bond donors (Lipinski definition) is 0. The van der Waals surface area contributed by atoms with Crippen LogP contribution in [0.25, 0.3) is 0 Å². The third kappa shape index (κ3) is 3.01. The molecule has 1 aromatic rings. The van der Waals surface area contributed by atoms with Crippen molar-refractivity contribution in [1.29, 1.82) is 5.26 Å². The van der Waals surface area contributed by atoms with E-state index in [1.54, 1.807) is 6.92 Å². The molecule has 0 aliphatic rings. The highest BCUT2D eigenvalue weighted by Gasteiger charge is 2.22. The van der Waals surface area contributed by atoms with Gasteiger partial charge in [0.25, 0.3) is 5.69 Å². The van der Waals surface area contributed by atoms with Crippen LogP contribution in [0.1, 0.15) is 18.4 Å². The number of carbonyl (C=O) groups excluding carboxylic acids is 1. The minimum Gasteiger partial charge on any atom is -0.465 e. The van der Waals surface area contributed by atoms with Gasteiger partial charge in [0.2, 0.25) is 0 Å². The van der Waals surface area contributed by atoms with Gasteiger partial charge in [0.15, 0.2) is 5.92 Å². The van der Waals surface area contributed by atoms with Crippen molar-refractivity contribution in [2.45, 2.75) is 12.8 Å². The van der Waals surface area contributed by atoms with E-state index in [4.69, 9.17) is 10.00 Å². The number of ether oxygens (including phenoxy) is 1. The SMILES string of the molecule is CCOC(=O)C(C#N)c1ccc([N+](=O)[O-])cc1. The smallest absolute Gasteiger partial charge is 0.327 e. The van der Waals surface area contributed by atoms with Crippen LogP contribution in [-0.4, -0.2) is 17.5 Å². The minimum atomic E-state index is -1.05. The Morgan fingerprint density at radius 1 is 1.53 bits per heavy atom. The van der Waals surface area contributed by atoms with Crippen molar-refractivity contribution < 1.29 is 14.5 Å². The fourth-order valence-electron chi connectivity index (χ4n) is 1.28. The summed E-state index contributed by atoms with van der Waals surface area (Å²) in [5, 5.41) is 19.3. The van der Waals surface area contributed by atoms with E-state index in [2.05, 4.69) is 0 Å². The van der Waals surface area contributed by atoms with Crippen LogP contribution in [0.2, 0.25) is 0 Å². The first-order chi connectivity index (χ1) is 8.10. The van der Waals surface area contributed by atoms with Gasteiger partial charge in [-0.25, -0.2) is 0 Å². The molecule has 1 unspecified atom stereocenters. The van der Waals surface area contributed by atoms with Gasteiger partial charge < -0.3 is 4.74 Å². The lowest BCUT2D eigenvalue weighted by molar-refractivity contribution is -0.384. The number of non-ortho nitro benzene ring substituents is 1. The van der Waals surface area contributed by atoms with Crippen molar-refractivity contribution in [1.82, 2.24) is 0 Å². The van der Waals surface area contributed by atoms with Crippen molar-refractivity contribution in [3.8, 4) is 6.07 Å². The predicted octanol–water partition coefficient (Wildman–Crippen LogP) is 1.77. The predicted molar refractivity (Wildman–Crippen MR) is 58.1 cm³/mol. The van der Waals surface area contributed by atoms with E-state index in [9.17, 15) is 14.9 Å². The molecule has 88 valence electrons. The fourth-order valence-corrected chi connectivity index (χ4v) is 1.28. The zero-order chi connectivity index (χ0) is 12.8. The second-order valence-electron chi connectivity index (χ2n) is 3.16. The Kier molecular flexibility index (Phi) is 4.17. The Balaban J connectivity index is 2.94. The molecule has 6 nitrogen and oxygen atoms in total. The summed E-state index contributed by atoms with van der Waals surface area (Å²) in [6.45, 7) is 1.83. The highest BCUT2D eigenvalue weighted by atomic mass is 16.6. The van der Waals surface area contributed by atoms with Crippen molar-refractivity contribution in [3.05, 3.63) is 39.9 Å².